The van der Waals surface area contributed by atoms with Gasteiger partial charge in [-0.15, -0.1) is 5.10 Å². The van der Waals surface area contributed by atoms with Gasteiger partial charge in [0.2, 0.25) is 11.7 Å². The highest BCUT2D eigenvalue weighted by Gasteiger charge is 2.18. The summed E-state index contributed by atoms with van der Waals surface area (Å²) >= 11 is 5.70. The maximum absolute atomic E-state index is 10.5. The molecule has 0 atom stereocenters. The number of nitrogens with zero attached hydrogens (tertiary/aromatic N) is 3. The number of benzene rings is 1. The highest BCUT2D eigenvalue weighted by atomic mass is 35.5. The van der Waals surface area contributed by atoms with Crippen molar-refractivity contribution in [2.45, 2.75) is 0 Å². The fourth-order valence-corrected chi connectivity index (χ4v) is 1.18. The molecule has 0 aliphatic carbocycles. The molecule has 0 aromatic heterocycles. The molecule has 0 unspecified atom stereocenters. The molecule has 0 fully saturated rings. The molecule has 0 saturated carbocycles. The van der Waals surface area contributed by atoms with Crippen molar-refractivity contribution in [3.63, 3.8) is 0 Å². The third-order valence-corrected chi connectivity index (χ3v) is 2.09. The fraction of sp³-hybridized carbons (Fsp3) is 0. The Morgan fingerprint density at radius 1 is 1.53 bits per heavy atom. The molecule has 5 N–H and O–H groups in total. The monoisotopic (exact) mass is 257 g/mol. The number of nitro benzene ring substituents is 1. The quantitative estimate of drug-likeness (QED) is 0.314. The number of hydrogen-bond donors (Lipinski definition) is 3. The smallest absolute Gasteiger partial charge is 0.312 e. The number of rotatable bonds is 3. The molecule has 0 bridgehead atoms. The molecule has 1 rings (SSSR count). The van der Waals surface area contributed by atoms with Crippen molar-refractivity contribution in [3.8, 4) is 5.75 Å². The summed E-state index contributed by atoms with van der Waals surface area (Å²) in [5.41, 5.74) is 9.82. The molecular formula is C8H8ClN5O3. The number of phenolic OH excluding ortho intramolecular Hbond substituents is 1. The summed E-state index contributed by atoms with van der Waals surface area (Å²) in [4.78, 5) is 9.74. The summed E-state index contributed by atoms with van der Waals surface area (Å²) in [7, 11) is 0. The van der Waals surface area contributed by atoms with Gasteiger partial charge < -0.3 is 16.6 Å². The Hall–Kier alpha value is -2.35. The Bertz CT molecular complexity index is 510. The first-order valence-electron chi connectivity index (χ1n) is 4.21. The minimum atomic E-state index is -0.752. The van der Waals surface area contributed by atoms with Crippen LogP contribution in [-0.4, -0.2) is 22.2 Å². The van der Waals surface area contributed by atoms with Crippen molar-refractivity contribution < 1.29 is 10.0 Å². The highest BCUT2D eigenvalue weighted by Crippen LogP contribution is 2.35. The van der Waals surface area contributed by atoms with Gasteiger partial charge in [0, 0.05) is 11.6 Å². The van der Waals surface area contributed by atoms with Crippen molar-refractivity contribution in [1.82, 2.24) is 0 Å². The molecule has 0 heterocycles. The van der Waals surface area contributed by atoms with E-state index in [0.717, 1.165) is 12.3 Å². The average molecular weight is 258 g/mol. The Labute approximate surface area is 100 Å². The molecule has 0 spiro atoms. The van der Waals surface area contributed by atoms with Crippen LogP contribution in [0.5, 0.6) is 5.75 Å². The van der Waals surface area contributed by atoms with Gasteiger partial charge >= 0.3 is 5.69 Å². The van der Waals surface area contributed by atoms with Crippen LogP contribution in [0, 0.1) is 10.1 Å². The summed E-state index contributed by atoms with van der Waals surface area (Å²) < 4.78 is 0. The standard InChI is InChI=1S/C8H8ClN5O3/c9-6-4(3-12-13-8(10)11)1-2-5(7(6)15)14(16)17/h1-3,15H,(H4,10,11,13). The van der Waals surface area contributed by atoms with Crippen molar-refractivity contribution in [2.75, 3.05) is 0 Å². The van der Waals surface area contributed by atoms with Crippen LogP contribution in [0.2, 0.25) is 5.02 Å². The van der Waals surface area contributed by atoms with Crippen LogP contribution in [0.1, 0.15) is 5.56 Å². The Balaban J connectivity index is 3.13. The van der Waals surface area contributed by atoms with Crippen molar-refractivity contribution in [2.24, 2.45) is 21.7 Å². The largest absolute Gasteiger partial charge is 0.501 e. The molecule has 1 aromatic carbocycles. The lowest BCUT2D eigenvalue weighted by Crippen LogP contribution is -2.21. The van der Waals surface area contributed by atoms with E-state index >= 15 is 0 Å². The van der Waals surface area contributed by atoms with E-state index in [1.807, 2.05) is 0 Å². The van der Waals surface area contributed by atoms with Crippen LogP contribution in [0.3, 0.4) is 0 Å². The number of halogens is 1. The Morgan fingerprint density at radius 2 is 2.18 bits per heavy atom. The van der Waals surface area contributed by atoms with Crippen molar-refractivity contribution >= 4 is 29.5 Å². The van der Waals surface area contributed by atoms with Crippen LogP contribution >= 0.6 is 11.6 Å². The molecule has 1 aromatic rings. The predicted octanol–water partition coefficient (Wildman–Crippen LogP) is 0.561. The predicted molar refractivity (Wildman–Crippen MR) is 63.2 cm³/mol. The van der Waals surface area contributed by atoms with E-state index in [1.54, 1.807) is 0 Å². The molecule has 0 radical (unpaired) electrons. The van der Waals surface area contributed by atoms with Crippen LogP contribution in [0.25, 0.3) is 0 Å². The maximum atomic E-state index is 10.5. The van der Waals surface area contributed by atoms with Gasteiger partial charge in [-0.25, -0.2) is 0 Å². The van der Waals surface area contributed by atoms with E-state index in [2.05, 4.69) is 10.2 Å². The lowest BCUT2D eigenvalue weighted by atomic mass is 10.2. The minimum absolute atomic E-state index is 0.200. The van der Waals surface area contributed by atoms with E-state index in [9.17, 15) is 15.2 Å². The highest BCUT2D eigenvalue weighted by molar-refractivity contribution is 6.34. The summed E-state index contributed by atoms with van der Waals surface area (Å²) in [5.74, 6) is -0.881. The normalized spacial score (nSPS) is 10.4. The summed E-state index contributed by atoms with van der Waals surface area (Å²) in [6, 6.07) is 2.41. The number of guanidine groups is 1. The van der Waals surface area contributed by atoms with E-state index in [0.29, 0.717) is 0 Å². The molecule has 0 aliphatic rings. The first kappa shape index (κ1) is 12.7. The maximum Gasteiger partial charge on any atom is 0.312 e. The van der Waals surface area contributed by atoms with Crippen LogP contribution in [0.4, 0.5) is 5.69 Å². The second kappa shape index (κ2) is 5.12. The summed E-state index contributed by atoms with van der Waals surface area (Å²) in [5, 5.41) is 26.5. The van der Waals surface area contributed by atoms with Gasteiger partial charge in [-0.2, -0.15) is 5.10 Å². The second-order valence-corrected chi connectivity index (χ2v) is 3.24. The molecule has 0 amide bonds. The number of phenols is 1. The van der Waals surface area contributed by atoms with E-state index in [-0.39, 0.29) is 16.5 Å². The lowest BCUT2D eigenvalue weighted by Gasteiger charge is -2.01. The van der Waals surface area contributed by atoms with E-state index < -0.39 is 16.4 Å². The van der Waals surface area contributed by atoms with Gasteiger partial charge in [-0.1, -0.05) is 11.6 Å². The van der Waals surface area contributed by atoms with Gasteiger partial charge in [0.05, 0.1) is 16.2 Å². The van der Waals surface area contributed by atoms with Crippen LogP contribution in [-0.2, 0) is 0 Å². The molecule has 8 nitrogen and oxygen atoms in total. The Morgan fingerprint density at radius 3 is 2.71 bits per heavy atom. The van der Waals surface area contributed by atoms with Gasteiger partial charge in [0.1, 0.15) is 0 Å². The van der Waals surface area contributed by atoms with Crippen LogP contribution in [0.15, 0.2) is 22.3 Å². The average Bonchev–Trinajstić information content (AvgIpc) is 2.23. The summed E-state index contributed by atoms with van der Waals surface area (Å²) in [6.45, 7) is 0. The molecular weight excluding hydrogens is 250 g/mol. The zero-order chi connectivity index (χ0) is 13.0. The number of nitro groups is 1. The molecule has 90 valence electrons. The zero-order valence-corrected chi connectivity index (χ0v) is 9.13. The van der Waals surface area contributed by atoms with Gasteiger partial charge in [-0.3, -0.25) is 10.1 Å². The first-order chi connectivity index (χ1) is 7.93. The van der Waals surface area contributed by atoms with Gasteiger partial charge in [0.15, 0.2) is 0 Å². The SMILES string of the molecule is NC(N)=NN=Cc1ccc([N+](=O)[O-])c(O)c1Cl. The minimum Gasteiger partial charge on any atom is -0.501 e. The molecule has 9 heteroatoms. The van der Waals surface area contributed by atoms with Crippen molar-refractivity contribution in [3.05, 3.63) is 32.8 Å². The number of nitrogens with two attached hydrogens (primary N) is 2. The Kier molecular flexibility index (Phi) is 3.83. The summed E-state index contributed by atoms with van der Waals surface area (Å²) in [6.07, 6.45) is 1.16. The van der Waals surface area contributed by atoms with E-state index in [1.165, 1.54) is 6.07 Å². The second-order valence-electron chi connectivity index (χ2n) is 2.86. The first-order valence-corrected chi connectivity index (χ1v) is 4.59. The zero-order valence-electron chi connectivity index (χ0n) is 8.37. The van der Waals surface area contributed by atoms with Gasteiger partial charge in [0.25, 0.3) is 0 Å². The molecule has 0 aliphatic heterocycles. The van der Waals surface area contributed by atoms with Gasteiger partial charge in [-0.05, 0) is 6.07 Å². The fourth-order valence-electron chi connectivity index (χ4n) is 0.975. The van der Waals surface area contributed by atoms with Crippen molar-refractivity contribution in [1.29, 1.82) is 0 Å². The topological polar surface area (TPSA) is 140 Å². The number of aromatic hydroxyl groups is 1. The van der Waals surface area contributed by atoms with Crippen LogP contribution < -0.4 is 11.5 Å². The lowest BCUT2D eigenvalue weighted by molar-refractivity contribution is -0.385. The third-order valence-electron chi connectivity index (χ3n) is 1.69. The third kappa shape index (κ3) is 3.05. The number of hydrogen-bond acceptors (Lipinski definition) is 5. The van der Waals surface area contributed by atoms with E-state index in [4.69, 9.17) is 23.1 Å². The molecule has 17 heavy (non-hydrogen) atoms. The molecule has 0 saturated heterocycles.